The summed E-state index contributed by atoms with van der Waals surface area (Å²) in [7, 11) is 0. The van der Waals surface area contributed by atoms with Gasteiger partial charge < -0.3 is 9.64 Å². The summed E-state index contributed by atoms with van der Waals surface area (Å²) in [5, 5.41) is 0.451. The van der Waals surface area contributed by atoms with Gasteiger partial charge in [-0.05, 0) is 43.2 Å². The van der Waals surface area contributed by atoms with E-state index in [2.05, 4.69) is 0 Å². The van der Waals surface area contributed by atoms with Crippen LogP contribution in [0.2, 0.25) is 5.02 Å². The zero-order valence-electron chi connectivity index (χ0n) is 12.7. The highest BCUT2D eigenvalue weighted by Gasteiger charge is 2.29. The highest BCUT2D eigenvalue weighted by atomic mass is 35.5. The van der Waals surface area contributed by atoms with Crippen molar-refractivity contribution in [3.63, 3.8) is 0 Å². The van der Waals surface area contributed by atoms with Crippen LogP contribution in [0.15, 0.2) is 48.5 Å². The number of ether oxygens (including phenoxy) is 1. The van der Waals surface area contributed by atoms with E-state index in [1.165, 1.54) is 6.07 Å². The van der Waals surface area contributed by atoms with Crippen LogP contribution in [0.1, 0.15) is 22.8 Å². The summed E-state index contributed by atoms with van der Waals surface area (Å²) < 4.78 is 5.29. The molecule has 0 fully saturated rings. The van der Waals surface area contributed by atoms with Crippen molar-refractivity contribution in [2.75, 3.05) is 11.4 Å². The third-order valence-electron chi connectivity index (χ3n) is 3.85. The van der Waals surface area contributed by atoms with Gasteiger partial charge in [0.2, 0.25) is 0 Å². The van der Waals surface area contributed by atoms with Crippen molar-refractivity contribution < 1.29 is 14.3 Å². The maximum absolute atomic E-state index is 12.6. The summed E-state index contributed by atoms with van der Waals surface area (Å²) in [6.45, 7) is 2.20. The first-order valence-corrected chi connectivity index (χ1v) is 7.80. The van der Waals surface area contributed by atoms with Gasteiger partial charge in [0, 0.05) is 17.3 Å². The molecule has 0 N–H and O–H groups in total. The summed E-state index contributed by atoms with van der Waals surface area (Å²) in [5.41, 5.74) is 2.36. The van der Waals surface area contributed by atoms with Crippen molar-refractivity contribution in [3.8, 4) is 0 Å². The quantitative estimate of drug-likeness (QED) is 0.810. The molecular formula is C18H16ClNO3. The van der Waals surface area contributed by atoms with Gasteiger partial charge in [-0.15, -0.1) is 0 Å². The molecule has 0 radical (unpaired) electrons. The number of benzene rings is 2. The summed E-state index contributed by atoms with van der Waals surface area (Å²) in [6.07, 6.45) is -0.0377. The molecule has 0 unspecified atom stereocenters. The van der Waals surface area contributed by atoms with Gasteiger partial charge in [-0.1, -0.05) is 35.9 Å². The molecule has 1 amide bonds. The van der Waals surface area contributed by atoms with Crippen molar-refractivity contribution in [2.24, 2.45) is 0 Å². The largest absolute Gasteiger partial charge is 0.449 e. The molecule has 0 saturated heterocycles. The Labute approximate surface area is 139 Å². The normalized spacial score (nSPS) is 14.3. The molecular weight excluding hydrogens is 314 g/mol. The Kier molecular flexibility index (Phi) is 4.35. The highest BCUT2D eigenvalue weighted by molar-refractivity contribution is 6.30. The molecule has 1 aliphatic heterocycles. The van der Waals surface area contributed by atoms with Crippen LogP contribution in [0.3, 0.4) is 0 Å². The molecule has 1 aliphatic rings. The van der Waals surface area contributed by atoms with Gasteiger partial charge in [-0.25, -0.2) is 4.79 Å². The van der Waals surface area contributed by atoms with E-state index in [4.69, 9.17) is 16.3 Å². The molecule has 2 aromatic rings. The molecule has 4 nitrogen and oxygen atoms in total. The Morgan fingerprint density at radius 1 is 1.17 bits per heavy atom. The molecule has 0 bridgehead atoms. The average molecular weight is 330 g/mol. The van der Waals surface area contributed by atoms with Crippen LogP contribution in [0.5, 0.6) is 0 Å². The summed E-state index contributed by atoms with van der Waals surface area (Å²) >= 11 is 5.86. The number of esters is 1. The lowest BCUT2D eigenvalue weighted by molar-refractivity contribution is -0.126. The van der Waals surface area contributed by atoms with Crippen LogP contribution in [0.25, 0.3) is 0 Å². The summed E-state index contributed by atoms with van der Waals surface area (Å²) in [4.78, 5) is 26.4. The number of anilines is 1. The molecule has 1 atom stereocenters. The third-order valence-corrected chi connectivity index (χ3v) is 4.08. The molecule has 3 rings (SSSR count). The Hall–Kier alpha value is -2.33. The topological polar surface area (TPSA) is 46.6 Å². The fourth-order valence-electron chi connectivity index (χ4n) is 2.68. The number of hydrogen-bond acceptors (Lipinski definition) is 3. The number of amides is 1. The molecule has 0 aromatic heterocycles. The van der Waals surface area contributed by atoms with Gasteiger partial charge in [0.1, 0.15) is 0 Å². The van der Waals surface area contributed by atoms with Gasteiger partial charge in [-0.3, -0.25) is 4.79 Å². The van der Waals surface area contributed by atoms with Crippen LogP contribution >= 0.6 is 11.6 Å². The predicted molar refractivity (Wildman–Crippen MR) is 88.8 cm³/mol. The van der Waals surface area contributed by atoms with E-state index in [1.807, 2.05) is 24.3 Å². The van der Waals surface area contributed by atoms with Gasteiger partial charge >= 0.3 is 5.97 Å². The van der Waals surface area contributed by atoms with Crippen molar-refractivity contribution in [1.29, 1.82) is 0 Å². The predicted octanol–water partition coefficient (Wildman–Crippen LogP) is 3.47. The van der Waals surface area contributed by atoms with Crippen LogP contribution in [0.4, 0.5) is 5.69 Å². The Morgan fingerprint density at radius 3 is 2.74 bits per heavy atom. The zero-order valence-corrected chi connectivity index (χ0v) is 13.4. The van der Waals surface area contributed by atoms with Crippen LogP contribution in [0, 0.1) is 0 Å². The minimum absolute atomic E-state index is 0.217. The second kappa shape index (κ2) is 6.42. The molecule has 5 heteroatoms. The van der Waals surface area contributed by atoms with E-state index in [-0.39, 0.29) is 5.91 Å². The van der Waals surface area contributed by atoms with Crippen molar-refractivity contribution in [3.05, 3.63) is 64.7 Å². The first kappa shape index (κ1) is 15.6. The molecule has 1 heterocycles. The molecule has 2 aromatic carbocycles. The maximum atomic E-state index is 12.6. The number of nitrogens with zero attached hydrogens (tertiary/aromatic N) is 1. The van der Waals surface area contributed by atoms with Crippen molar-refractivity contribution in [2.45, 2.75) is 19.4 Å². The first-order chi connectivity index (χ1) is 11.1. The average Bonchev–Trinajstić information content (AvgIpc) is 2.98. The fourth-order valence-corrected chi connectivity index (χ4v) is 2.87. The summed E-state index contributed by atoms with van der Waals surface area (Å²) in [5.74, 6) is -0.772. The van der Waals surface area contributed by atoms with E-state index in [9.17, 15) is 9.59 Å². The smallest absolute Gasteiger partial charge is 0.338 e. The van der Waals surface area contributed by atoms with Crippen LogP contribution in [-0.4, -0.2) is 24.5 Å². The zero-order chi connectivity index (χ0) is 16.4. The van der Waals surface area contributed by atoms with E-state index < -0.39 is 12.1 Å². The molecule has 0 saturated carbocycles. The van der Waals surface area contributed by atoms with Crippen LogP contribution in [-0.2, 0) is 16.0 Å². The number of fused-ring (bicyclic) bond motifs is 1. The highest BCUT2D eigenvalue weighted by Crippen LogP contribution is 2.28. The molecule has 118 valence electrons. The lowest BCUT2D eigenvalue weighted by Crippen LogP contribution is -2.39. The van der Waals surface area contributed by atoms with Crippen LogP contribution < -0.4 is 4.90 Å². The number of para-hydroxylation sites is 1. The summed E-state index contributed by atoms with van der Waals surface area (Å²) in [6, 6.07) is 14.2. The van der Waals surface area contributed by atoms with Gasteiger partial charge in [0.05, 0.1) is 5.56 Å². The lowest BCUT2D eigenvalue weighted by Gasteiger charge is -2.21. The number of halogens is 1. The van der Waals surface area contributed by atoms with E-state index >= 15 is 0 Å². The first-order valence-electron chi connectivity index (χ1n) is 7.42. The van der Waals surface area contributed by atoms with Crippen molar-refractivity contribution >= 4 is 29.2 Å². The second-order valence-electron chi connectivity index (χ2n) is 5.43. The number of carbonyl (C=O) groups excluding carboxylic acids is 2. The minimum atomic E-state index is -0.854. The lowest BCUT2D eigenvalue weighted by atomic mass is 10.2. The number of carbonyl (C=O) groups is 2. The van der Waals surface area contributed by atoms with E-state index in [1.54, 1.807) is 30.0 Å². The van der Waals surface area contributed by atoms with E-state index in [0.717, 1.165) is 17.7 Å². The minimum Gasteiger partial charge on any atom is -0.449 e. The van der Waals surface area contributed by atoms with Gasteiger partial charge in [-0.2, -0.15) is 0 Å². The molecule has 0 spiro atoms. The van der Waals surface area contributed by atoms with Gasteiger partial charge in [0.15, 0.2) is 6.10 Å². The van der Waals surface area contributed by atoms with Crippen molar-refractivity contribution in [1.82, 2.24) is 0 Å². The van der Waals surface area contributed by atoms with E-state index in [0.29, 0.717) is 17.1 Å². The standard InChI is InChI=1S/C18H16ClNO3/c1-12(23-18(22)14-6-4-7-15(19)11-14)17(21)20-10-9-13-5-2-3-8-16(13)20/h2-8,11-12H,9-10H2,1H3/t12-/m0/s1. The Balaban J connectivity index is 1.70. The second-order valence-corrected chi connectivity index (χ2v) is 5.86. The Morgan fingerprint density at radius 2 is 1.96 bits per heavy atom. The number of rotatable bonds is 3. The monoisotopic (exact) mass is 329 g/mol. The van der Waals surface area contributed by atoms with Gasteiger partial charge in [0.25, 0.3) is 5.91 Å². The maximum Gasteiger partial charge on any atom is 0.338 e. The Bertz CT molecular complexity index is 759. The SMILES string of the molecule is C[C@H](OC(=O)c1cccc(Cl)c1)C(=O)N1CCc2ccccc21. The fraction of sp³-hybridized carbons (Fsp3) is 0.222. The number of hydrogen-bond donors (Lipinski definition) is 0. The molecule has 23 heavy (non-hydrogen) atoms. The molecule has 0 aliphatic carbocycles. The third kappa shape index (κ3) is 3.22.